The molecule has 0 heterocycles. The highest BCUT2D eigenvalue weighted by atomic mass is 16.3. The van der Waals surface area contributed by atoms with Crippen LogP contribution in [0.4, 0.5) is 0 Å². The van der Waals surface area contributed by atoms with E-state index in [-0.39, 0.29) is 6.10 Å². The number of hydrogen-bond acceptors (Lipinski definition) is 1. The molecule has 0 saturated carbocycles. The van der Waals surface area contributed by atoms with Gasteiger partial charge in [-0.05, 0) is 19.8 Å². The molecule has 0 aliphatic heterocycles. The molecule has 0 aromatic carbocycles. The largest absolute Gasteiger partial charge is 0.389 e. The molecule has 12 heavy (non-hydrogen) atoms. The fraction of sp³-hybridized carbons (Fsp3) is 0.636. The van der Waals surface area contributed by atoms with Crippen LogP contribution in [0.5, 0.6) is 0 Å². The van der Waals surface area contributed by atoms with Gasteiger partial charge >= 0.3 is 0 Å². The molecule has 70 valence electrons. The highest BCUT2D eigenvalue weighted by molar-refractivity contribution is 5.03. The first kappa shape index (κ1) is 11.4. The van der Waals surface area contributed by atoms with Crippen molar-refractivity contribution >= 4 is 0 Å². The number of allylic oxidation sites excluding steroid dienone is 3. The van der Waals surface area contributed by atoms with E-state index in [9.17, 15) is 0 Å². The number of aliphatic hydroxyl groups excluding tert-OH is 1. The number of aliphatic hydroxyl groups is 1. The van der Waals surface area contributed by atoms with Gasteiger partial charge < -0.3 is 5.11 Å². The SMILES string of the molecule is CCCCCC=CC=CC(C)O. The standard InChI is InChI=1S/C11H20O/c1-3-4-5-6-7-8-9-10-11(2)12/h7-12H,3-6H2,1-2H3. The van der Waals surface area contributed by atoms with Gasteiger partial charge in [0.2, 0.25) is 0 Å². The maximum atomic E-state index is 8.87. The molecule has 0 radical (unpaired) electrons. The van der Waals surface area contributed by atoms with Gasteiger partial charge in [0.25, 0.3) is 0 Å². The normalized spacial score (nSPS) is 14.6. The van der Waals surface area contributed by atoms with E-state index < -0.39 is 0 Å². The summed E-state index contributed by atoms with van der Waals surface area (Å²) in [7, 11) is 0. The Balaban J connectivity index is 3.25. The van der Waals surface area contributed by atoms with E-state index in [2.05, 4.69) is 13.0 Å². The third-order valence-electron chi connectivity index (χ3n) is 1.61. The van der Waals surface area contributed by atoms with Gasteiger partial charge in [0.1, 0.15) is 0 Å². The minimum atomic E-state index is -0.328. The molecular formula is C11H20O. The molecule has 1 heteroatoms. The monoisotopic (exact) mass is 168 g/mol. The third-order valence-corrected chi connectivity index (χ3v) is 1.61. The summed E-state index contributed by atoms with van der Waals surface area (Å²) in [5, 5.41) is 8.87. The average molecular weight is 168 g/mol. The van der Waals surface area contributed by atoms with Crippen LogP contribution in [0.25, 0.3) is 0 Å². The Bertz CT molecular complexity index is 134. The van der Waals surface area contributed by atoms with Gasteiger partial charge in [-0.1, -0.05) is 44.1 Å². The summed E-state index contributed by atoms with van der Waals surface area (Å²) in [6, 6.07) is 0. The fourth-order valence-electron chi connectivity index (χ4n) is 0.912. The van der Waals surface area contributed by atoms with Crippen LogP contribution in [-0.4, -0.2) is 11.2 Å². The summed E-state index contributed by atoms with van der Waals surface area (Å²) < 4.78 is 0. The van der Waals surface area contributed by atoms with Gasteiger partial charge in [0.15, 0.2) is 0 Å². The molecule has 0 saturated heterocycles. The predicted octanol–water partition coefficient (Wildman–Crippen LogP) is 3.06. The molecule has 0 spiro atoms. The molecule has 0 amide bonds. The number of hydrogen-bond donors (Lipinski definition) is 1. The minimum Gasteiger partial charge on any atom is -0.389 e. The quantitative estimate of drug-likeness (QED) is 0.477. The highest BCUT2D eigenvalue weighted by Gasteiger charge is 1.82. The second-order valence-corrected chi connectivity index (χ2v) is 3.05. The Labute approximate surface area is 75.8 Å². The van der Waals surface area contributed by atoms with Crippen LogP contribution in [0, 0.1) is 0 Å². The van der Waals surface area contributed by atoms with Crippen molar-refractivity contribution in [3.8, 4) is 0 Å². The van der Waals surface area contributed by atoms with E-state index in [4.69, 9.17) is 5.11 Å². The zero-order valence-electron chi connectivity index (χ0n) is 8.16. The summed E-state index contributed by atoms with van der Waals surface area (Å²) in [5.41, 5.74) is 0. The molecule has 1 unspecified atom stereocenters. The Morgan fingerprint density at radius 3 is 2.58 bits per heavy atom. The van der Waals surface area contributed by atoms with Crippen molar-refractivity contribution in [2.75, 3.05) is 0 Å². The highest BCUT2D eigenvalue weighted by Crippen LogP contribution is 1.99. The maximum Gasteiger partial charge on any atom is 0.0695 e. The zero-order valence-corrected chi connectivity index (χ0v) is 8.16. The zero-order chi connectivity index (χ0) is 9.23. The fourth-order valence-corrected chi connectivity index (χ4v) is 0.912. The van der Waals surface area contributed by atoms with Gasteiger partial charge in [-0.2, -0.15) is 0 Å². The predicted molar refractivity (Wildman–Crippen MR) is 54.1 cm³/mol. The minimum absolute atomic E-state index is 0.328. The Hall–Kier alpha value is -0.560. The van der Waals surface area contributed by atoms with E-state index in [1.807, 2.05) is 12.2 Å². The lowest BCUT2D eigenvalue weighted by Crippen LogP contribution is -1.90. The molecule has 0 rings (SSSR count). The van der Waals surface area contributed by atoms with Crippen molar-refractivity contribution in [3.63, 3.8) is 0 Å². The van der Waals surface area contributed by atoms with E-state index in [1.165, 1.54) is 19.3 Å². The van der Waals surface area contributed by atoms with E-state index in [0.717, 1.165) is 6.42 Å². The molecule has 0 aliphatic carbocycles. The number of rotatable bonds is 6. The lowest BCUT2D eigenvalue weighted by Gasteiger charge is -1.91. The van der Waals surface area contributed by atoms with Crippen LogP contribution in [0.15, 0.2) is 24.3 Å². The van der Waals surface area contributed by atoms with Gasteiger partial charge in [0.05, 0.1) is 6.10 Å². The van der Waals surface area contributed by atoms with Crippen molar-refractivity contribution in [1.29, 1.82) is 0 Å². The maximum absolute atomic E-state index is 8.87. The summed E-state index contributed by atoms with van der Waals surface area (Å²) >= 11 is 0. The van der Waals surface area contributed by atoms with E-state index in [0.29, 0.717) is 0 Å². The lowest BCUT2D eigenvalue weighted by molar-refractivity contribution is 0.244. The Morgan fingerprint density at radius 1 is 1.25 bits per heavy atom. The first-order valence-corrected chi connectivity index (χ1v) is 4.78. The van der Waals surface area contributed by atoms with Crippen LogP contribution < -0.4 is 0 Å². The van der Waals surface area contributed by atoms with Crippen LogP contribution in [0.2, 0.25) is 0 Å². The van der Waals surface area contributed by atoms with Gasteiger partial charge in [-0.3, -0.25) is 0 Å². The second-order valence-electron chi connectivity index (χ2n) is 3.05. The third kappa shape index (κ3) is 9.44. The van der Waals surface area contributed by atoms with Gasteiger partial charge in [0, 0.05) is 0 Å². The summed E-state index contributed by atoms with van der Waals surface area (Å²) in [6.07, 6.45) is 12.5. The Kier molecular flexibility index (Phi) is 8.14. The lowest BCUT2D eigenvalue weighted by atomic mass is 10.2. The van der Waals surface area contributed by atoms with Crippen LogP contribution in [-0.2, 0) is 0 Å². The molecule has 0 aromatic heterocycles. The molecule has 1 N–H and O–H groups in total. The van der Waals surface area contributed by atoms with E-state index >= 15 is 0 Å². The van der Waals surface area contributed by atoms with Crippen LogP contribution in [0.1, 0.15) is 39.5 Å². The van der Waals surface area contributed by atoms with Crippen LogP contribution in [0.3, 0.4) is 0 Å². The van der Waals surface area contributed by atoms with Crippen LogP contribution >= 0.6 is 0 Å². The molecule has 0 bridgehead atoms. The molecule has 0 aromatic rings. The molecule has 1 nitrogen and oxygen atoms in total. The van der Waals surface area contributed by atoms with E-state index in [1.54, 1.807) is 13.0 Å². The average Bonchev–Trinajstić information content (AvgIpc) is 2.02. The smallest absolute Gasteiger partial charge is 0.0695 e. The second kappa shape index (κ2) is 8.54. The van der Waals surface area contributed by atoms with Crippen molar-refractivity contribution < 1.29 is 5.11 Å². The molecular weight excluding hydrogens is 148 g/mol. The molecule has 0 aliphatic rings. The first-order valence-electron chi connectivity index (χ1n) is 4.78. The topological polar surface area (TPSA) is 20.2 Å². The van der Waals surface area contributed by atoms with Gasteiger partial charge in [-0.25, -0.2) is 0 Å². The molecule has 0 fully saturated rings. The van der Waals surface area contributed by atoms with Gasteiger partial charge in [-0.15, -0.1) is 0 Å². The van der Waals surface area contributed by atoms with Crippen molar-refractivity contribution in [2.24, 2.45) is 0 Å². The van der Waals surface area contributed by atoms with Crippen molar-refractivity contribution in [2.45, 2.75) is 45.6 Å². The Morgan fingerprint density at radius 2 is 2.00 bits per heavy atom. The molecule has 1 atom stereocenters. The van der Waals surface area contributed by atoms with Crippen molar-refractivity contribution in [3.05, 3.63) is 24.3 Å². The summed E-state index contributed by atoms with van der Waals surface area (Å²) in [6.45, 7) is 3.96. The van der Waals surface area contributed by atoms with Crippen molar-refractivity contribution in [1.82, 2.24) is 0 Å². The summed E-state index contributed by atoms with van der Waals surface area (Å²) in [5.74, 6) is 0. The number of unbranched alkanes of at least 4 members (excludes halogenated alkanes) is 3. The first-order chi connectivity index (χ1) is 5.77. The summed E-state index contributed by atoms with van der Waals surface area (Å²) in [4.78, 5) is 0.